The first kappa shape index (κ1) is 19.5. The maximum atomic E-state index is 13.1. The molecule has 1 amide bonds. The molecule has 1 aliphatic rings. The third kappa shape index (κ3) is 4.41. The van der Waals surface area contributed by atoms with Crippen LogP contribution in [0.3, 0.4) is 0 Å². The van der Waals surface area contributed by atoms with Crippen LogP contribution in [0.2, 0.25) is 0 Å². The Morgan fingerprint density at radius 1 is 1.36 bits per heavy atom. The zero-order chi connectivity index (χ0) is 19.0. The summed E-state index contributed by atoms with van der Waals surface area (Å²) in [4.78, 5) is 32.6. The van der Waals surface area contributed by atoms with Crippen LogP contribution in [-0.4, -0.2) is 40.0 Å². The molecule has 1 atom stereocenters. The highest BCUT2D eigenvalue weighted by Crippen LogP contribution is 2.45. The number of carbonyl (C=O) groups is 1. The van der Waals surface area contributed by atoms with Gasteiger partial charge in [-0.2, -0.15) is 13.2 Å². The van der Waals surface area contributed by atoms with Crippen LogP contribution in [0, 0.1) is 25.2 Å². The molecule has 0 bridgehead atoms. The second kappa shape index (κ2) is 6.80. The number of carbonyl (C=O) groups excluding carboxylic acids is 1. The van der Waals surface area contributed by atoms with E-state index in [1.54, 1.807) is 27.7 Å². The minimum absolute atomic E-state index is 0.0670. The summed E-state index contributed by atoms with van der Waals surface area (Å²) in [5, 5.41) is 0. The number of hydrogen-bond acceptors (Lipinski definition) is 3. The summed E-state index contributed by atoms with van der Waals surface area (Å²) in [6.45, 7) is 6.63. The van der Waals surface area contributed by atoms with Crippen LogP contribution in [0.1, 0.15) is 43.8 Å². The van der Waals surface area contributed by atoms with Crippen molar-refractivity contribution in [2.45, 2.75) is 53.1 Å². The van der Waals surface area contributed by atoms with Crippen molar-refractivity contribution >= 4 is 5.91 Å². The van der Waals surface area contributed by atoms with Gasteiger partial charge >= 0.3 is 6.18 Å². The molecule has 8 heteroatoms. The maximum Gasteiger partial charge on any atom is 0.392 e. The molecule has 0 radical (unpaired) electrons. The van der Waals surface area contributed by atoms with Crippen molar-refractivity contribution < 1.29 is 18.0 Å². The largest absolute Gasteiger partial charge is 0.392 e. The third-order valence-electron chi connectivity index (χ3n) is 4.91. The molecular formula is C17H24F3N3O2. The predicted octanol–water partition coefficient (Wildman–Crippen LogP) is 2.76. The normalized spacial score (nSPS) is 20.6. The number of likely N-dealkylation sites (tertiary alicyclic amines) is 1. The number of aryl methyl sites for hydroxylation is 2. The predicted molar refractivity (Wildman–Crippen MR) is 87.2 cm³/mol. The molecule has 25 heavy (non-hydrogen) atoms. The number of nitrogens with zero attached hydrogens (tertiary/aromatic N) is 2. The van der Waals surface area contributed by atoms with Gasteiger partial charge in [0.05, 0.1) is 5.92 Å². The number of amides is 1. The summed E-state index contributed by atoms with van der Waals surface area (Å²) in [5.74, 6) is -1.13. The van der Waals surface area contributed by atoms with Crippen molar-refractivity contribution in [1.29, 1.82) is 0 Å². The SMILES string of the molecule is Cc1nc(C)c(CCC(=O)N2CCC(C(F)(F)F)C(C)(C)C2)c(=O)[nH]1. The lowest BCUT2D eigenvalue weighted by Crippen LogP contribution is -2.52. The van der Waals surface area contributed by atoms with Crippen molar-refractivity contribution in [3.63, 3.8) is 0 Å². The molecule has 0 aliphatic carbocycles. The lowest BCUT2D eigenvalue weighted by Gasteiger charge is -2.44. The lowest BCUT2D eigenvalue weighted by molar-refractivity contribution is -0.217. The van der Waals surface area contributed by atoms with Gasteiger partial charge in [0.15, 0.2) is 0 Å². The zero-order valence-corrected chi connectivity index (χ0v) is 15.0. The molecule has 1 unspecified atom stereocenters. The smallest absolute Gasteiger partial charge is 0.342 e. The van der Waals surface area contributed by atoms with E-state index in [4.69, 9.17) is 0 Å². The number of piperidine rings is 1. The lowest BCUT2D eigenvalue weighted by atomic mass is 9.73. The van der Waals surface area contributed by atoms with Crippen LogP contribution in [0.5, 0.6) is 0 Å². The number of nitrogens with one attached hydrogen (secondary N) is 1. The summed E-state index contributed by atoms with van der Waals surface area (Å²) in [6.07, 6.45) is -4.03. The quantitative estimate of drug-likeness (QED) is 0.902. The number of halogens is 3. The minimum Gasteiger partial charge on any atom is -0.342 e. The number of H-pyrrole nitrogens is 1. The molecule has 5 nitrogen and oxygen atoms in total. The van der Waals surface area contributed by atoms with E-state index in [0.717, 1.165) is 0 Å². The Labute approximate surface area is 144 Å². The van der Waals surface area contributed by atoms with Gasteiger partial charge < -0.3 is 9.88 Å². The number of hydrogen-bond donors (Lipinski definition) is 1. The fraction of sp³-hybridized carbons (Fsp3) is 0.706. The van der Waals surface area contributed by atoms with E-state index in [2.05, 4.69) is 9.97 Å². The number of aromatic amines is 1. The first-order valence-corrected chi connectivity index (χ1v) is 8.32. The Balaban J connectivity index is 2.03. The van der Waals surface area contributed by atoms with E-state index >= 15 is 0 Å². The molecule has 0 spiro atoms. The first-order chi connectivity index (χ1) is 11.4. The Hall–Kier alpha value is -1.86. The molecule has 2 heterocycles. The van der Waals surface area contributed by atoms with E-state index in [9.17, 15) is 22.8 Å². The van der Waals surface area contributed by atoms with Gasteiger partial charge in [0.25, 0.3) is 5.56 Å². The summed E-state index contributed by atoms with van der Waals surface area (Å²) in [5.41, 5.74) is -0.271. The van der Waals surface area contributed by atoms with E-state index in [0.29, 0.717) is 17.1 Å². The molecule has 1 fully saturated rings. The third-order valence-corrected chi connectivity index (χ3v) is 4.91. The van der Waals surface area contributed by atoms with Crippen LogP contribution < -0.4 is 5.56 Å². The van der Waals surface area contributed by atoms with Gasteiger partial charge in [0.2, 0.25) is 5.91 Å². The molecule has 1 saturated heterocycles. The summed E-state index contributed by atoms with van der Waals surface area (Å²) in [6, 6.07) is 0. The summed E-state index contributed by atoms with van der Waals surface area (Å²) < 4.78 is 39.3. The van der Waals surface area contributed by atoms with E-state index < -0.39 is 17.5 Å². The fourth-order valence-electron chi connectivity index (χ4n) is 3.61. The number of alkyl halides is 3. The summed E-state index contributed by atoms with van der Waals surface area (Å²) in [7, 11) is 0. The van der Waals surface area contributed by atoms with Gasteiger partial charge in [-0.25, -0.2) is 4.98 Å². The van der Waals surface area contributed by atoms with Crippen molar-refractivity contribution in [1.82, 2.24) is 14.9 Å². The van der Waals surface area contributed by atoms with Gasteiger partial charge in [-0.15, -0.1) is 0 Å². The van der Waals surface area contributed by atoms with Crippen molar-refractivity contribution in [3.05, 3.63) is 27.4 Å². The van der Waals surface area contributed by atoms with Crippen LogP contribution in [0.25, 0.3) is 0 Å². The summed E-state index contributed by atoms with van der Waals surface area (Å²) >= 11 is 0. The van der Waals surface area contributed by atoms with Crippen LogP contribution >= 0.6 is 0 Å². The molecule has 1 N–H and O–H groups in total. The molecule has 1 aromatic rings. The second-order valence-electron chi connectivity index (χ2n) is 7.40. The molecule has 2 rings (SSSR count). The standard InChI is InChI=1S/C17H24F3N3O2/c1-10-12(15(25)22-11(2)21-10)5-6-14(24)23-8-7-13(17(18,19)20)16(3,4)9-23/h13H,5-9H2,1-4H3,(H,21,22,25). The fourth-order valence-corrected chi connectivity index (χ4v) is 3.61. The van der Waals surface area contributed by atoms with Crippen molar-refractivity contribution in [3.8, 4) is 0 Å². The van der Waals surface area contributed by atoms with Gasteiger partial charge in [0, 0.05) is 30.8 Å². The minimum atomic E-state index is -4.25. The second-order valence-corrected chi connectivity index (χ2v) is 7.40. The molecule has 0 saturated carbocycles. The Morgan fingerprint density at radius 2 is 2.00 bits per heavy atom. The molecule has 1 aromatic heterocycles. The zero-order valence-electron chi connectivity index (χ0n) is 15.0. The van der Waals surface area contributed by atoms with E-state index in [-0.39, 0.29) is 43.8 Å². The molecular weight excluding hydrogens is 335 g/mol. The van der Waals surface area contributed by atoms with Crippen LogP contribution in [0.15, 0.2) is 4.79 Å². The van der Waals surface area contributed by atoms with E-state index in [1.807, 2.05) is 0 Å². The van der Waals surface area contributed by atoms with Gasteiger partial charge in [-0.05, 0) is 32.1 Å². The van der Waals surface area contributed by atoms with Gasteiger partial charge in [-0.3, -0.25) is 9.59 Å². The average Bonchev–Trinajstić information content (AvgIpc) is 2.43. The van der Waals surface area contributed by atoms with Crippen LogP contribution in [-0.2, 0) is 11.2 Å². The van der Waals surface area contributed by atoms with Gasteiger partial charge in [0.1, 0.15) is 5.82 Å². The average molecular weight is 359 g/mol. The highest BCUT2D eigenvalue weighted by atomic mass is 19.4. The van der Waals surface area contributed by atoms with E-state index in [1.165, 1.54) is 4.90 Å². The van der Waals surface area contributed by atoms with Gasteiger partial charge in [-0.1, -0.05) is 13.8 Å². The Morgan fingerprint density at radius 3 is 2.52 bits per heavy atom. The first-order valence-electron chi connectivity index (χ1n) is 8.32. The Bertz CT molecular complexity index is 710. The highest BCUT2D eigenvalue weighted by molar-refractivity contribution is 5.76. The number of aromatic nitrogens is 2. The number of rotatable bonds is 3. The topological polar surface area (TPSA) is 66.1 Å². The van der Waals surface area contributed by atoms with Crippen molar-refractivity contribution in [2.75, 3.05) is 13.1 Å². The monoisotopic (exact) mass is 359 g/mol. The Kier molecular flexibility index (Phi) is 5.30. The molecule has 0 aromatic carbocycles. The molecule has 1 aliphatic heterocycles. The molecule has 140 valence electrons. The maximum absolute atomic E-state index is 13.1. The van der Waals surface area contributed by atoms with Crippen molar-refractivity contribution in [2.24, 2.45) is 11.3 Å². The van der Waals surface area contributed by atoms with Crippen LogP contribution in [0.4, 0.5) is 13.2 Å². The highest BCUT2D eigenvalue weighted by Gasteiger charge is 2.51.